The molecule has 2 aromatic carbocycles. The minimum Gasteiger partial charge on any atom is -0.494 e. The second-order valence-electron chi connectivity index (χ2n) is 4.85. The molecule has 126 valence electrons. The Bertz CT molecular complexity index is 726. The van der Waals surface area contributed by atoms with Crippen LogP contribution in [-0.4, -0.2) is 24.6 Å². The molecule has 0 radical (unpaired) electrons. The zero-order valence-electron chi connectivity index (χ0n) is 13.4. The summed E-state index contributed by atoms with van der Waals surface area (Å²) >= 11 is 0. The zero-order valence-corrected chi connectivity index (χ0v) is 13.4. The summed E-state index contributed by atoms with van der Waals surface area (Å²) in [6, 6.07) is 10.5. The molecule has 0 amide bonds. The Kier molecular flexibility index (Phi) is 5.73. The number of ether oxygens (including phenoxy) is 3. The van der Waals surface area contributed by atoms with Crippen LogP contribution in [0.2, 0.25) is 0 Å². The Morgan fingerprint density at radius 1 is 1.12 bits per heavy atom. The van der Waals surface area contributed by atoms with E-state index in [1.165, 1.54) is 19.2 Å². The van der Waals surface area contributed by atoms with Gasteiger partial charge in [0.2, 0.25) is 0 Å². The van der Waals surface area contributed by atoms with Crippen molar-refractivity contribution >= 4 is 11.7 Å². The maximum absolute atomic E-state index is 12.1. The highest BCUT2D eigenvalue weighted by molar-refractivity contribution is 5.92. The quantitative estimate of drug-likeness (QED) is 0.333. The van der Waals surface area contributed by atoms with Gasteiger partial charge < -0.3 is 14.2 Å². The first-order valence-electron chi connectivity index (χ1n) is 7.32. The summed E-state index contributed by atoms with van der Waals surface area (Å²) in [4.78, 5) is 22.5. The third-order valence-corrected chi connectivity index (χ3v) is 3.12. The van der Waals surface area contributed by atoms with Gasteiger partial charge in [-0.05, 0) is 42.8 Å². The molecule has 24 heavy (non-hydrogen) atoms. The summed E-state index contributed by atoms with van der Waals surface area (Å²) < 4.78 is 15.5. The summed E-state index contributed by atoms with van der Waals surface area (Å²) in [5.41, 5.74) is -0.232. The molecule has 0 fully saturated rings. The zero-order chi connectivity index (χ0) is 17.5. The number of methoxy groups -OCH3 is 1. The van der Waals surface area contributed by atoms with Crippen molar-refractivity contribution in [2.24, 2.45) is 0 Å². The van der Waals surface area contributed by atoms with E-state index in [0.29, 0.717) is 18.1 Å². The van der Waals surface area contributed by atoms with Crippen molar-refractivity contribution in [2.75, 3.05) is 13.7 Å². The van der Waals surface area contributed by atoms with Crippen molar-refractivity contribution in [3.05, 3.63) is 58.1 Å². The van der Waals surface area contributed by atoms with Gasteiger partial charge in [-0.2, -0.15) is 0 Å². The van der Waals surface area contributed by atoms with Crippen LogP contribution < -0.4 is 14.2 Å². The highest BCUT2D eigenvalue weighted by Crippen LogP contribution is 2.28. The third kappa shape index (κ3) is 4.22. The molecule has 0 bridgehead atoms. The maximum atomic E-state index is 12.1. The summed E-state index contributed by atoms with van der Waals surface area (Å²) in [5.74, 6) is 0.385. The minimum absolute atomic E-state index is 0.0637. The highest BCUT2D eigenvalue weighted by atomic mass is 16.6. The fourth-order valence-electron chi connectivity index (χ4n) is 1.95. The first-order valence-corrected chi connectivity index (χ1v) is 7.32. The Hall–Kier alpha value is -3.09. The fraction of sp³-hybridized carbons (Fsp3) is 0.235. The summed E-state index contributed by atoms with van der Waals surface area (Å²) in [6.07, 6.45) is 0.896. The smallest absolute Gasteiger partial charge is 0.343 e. The average molecular weight is 331 g/mol. The predicted octanol–water partition coefficient (Wildman–Crippen LogP) is 3.61. The molecule has 0 heterocycles. The Balaban J connectivity index is 2.12. The number of hydrogen-bond donors (Lipinski definition) is 0. The summed E-state index contributed by atoms with van der Waals surface area (Å²) in [5, 5.41) is 11.0. The number of nitro benzene ring substituents is 1. The van der Waals surface area contributed by atoms with E-state index in [9.17, 15) is 14.9 Å². The maximum Gasteiger partial charge on any atom is 0.343 e. The van der Waals surface area contributed by atoms with Crippen LogP contribution in [0.5, 0.6) is 17.2 Å². The lowest BCUT2D eigenvalue weighted by molar-refractivity contribution is -0.385. The Morgan fingerprint density at radius 2 is 1.79 bits per heavy atom. The molecule has 0 aromatic heterocycles. The van der Waals surface area contributed by atoms with E-state index in [1.54, 1.807) is 24.3 Å². The lowest BCUT2D eigenvalue weighted by atomic mass is 10.2. The second-order valence-corrected chi connectivity index (χ2v) is 4.85. The first-order chi connectivity index (χ1) is 11.5. The van der Waals surface area contributed by atoms with E-state index in [2.05, 4.69) is 0 Å². The molecular weight excluding hydrogens is 314 g/mol. The molecular formula is C17H17NO6. The van der Waals surface area contributed by atoms with E-state index in [0.717, 1.165) is 12.5 Å². The van der Waals surface area contributed by atoms with E-state index in [-0.39, 0.29) is 17.0 Å². The van der Waals surface area contributed by atoms with Crippen LogP contribution in [0.3, 0.4) is 0 Å². The van der Waals surface area contributed by atoms with Crippen LogP contribution in [0.15, 0.2) is 42.5 Å². The Morgan fingerprint density at radius 3 is 2.38 bits per heavy atom. The van der Waals surface area contributed by atoms with Crippen LogP contribution in [-0.2, 0) is 0 Å². The lowest BCUT2D eigenvalue weighted by Crippen LogP contribution is -2.09. The summed E-state index contributed by atoms with van der Waals surface area (Å²) in [7, 11) is 1.32. The molecule has 7 heteroatoms. The van der Waals surface area contributed by atoms with Crippen LogP contribution in [0.4, 0.5) is 5.69 Å². The third-order valence-electron chi connectivity index (χ3n) is 3.12. The number of carbonyl (C=O) groups excluding carboxylic acids is 1. The van der Waals surface area contributed by atoms with Crippen molar-refractivity contribution in [3.8, 4) is 17.2 Å². The number of hydrogen-bond acceptors (Lipinski definition) is 6. The normalized spacial score (nSPS) is 10.1. The SMILES string of the molecule is CCCOc1ccc(OC(=O)c2ccc(OC)c([N+](=O)[O-])c2)cc1. The topological polar surface area (TPSA) is 87.9 Å². The standard InChI is InChI=1S/C17H17NO6/c1-3-10-23-13-5-7-14(8-6-13)24-17(19)12-4-9-16(22-2)15(11-12)18(20)21/h4-9,11H,3,10H2,1-2H3. The van der Waals surface area contributed by atoms with E-state index in [4.69, 9.17) is 14.2 Å². The molecule has 0 aliphatic heterocycles. The lowest BCUT2D eigenvalue weighted by Gasteiger charge is -2.08. The number of nitro groups is 1. The first kappa shape index (κ1) is 17.3. The van der Waals surface area contributed by atoms with E-state index < -0.39 is 10.9 Å². The van der Waals surface area contributed by atoms with Crippen molar-refractivity contribution in [1.29, 1.82) is 0 Å². The van der Waals surface area contributed by atoms with Gasteiger partial charge >= 0.3 is 11.7 Å². The van der Waals surface area contributed by atoms with Crippen LogP contribution in [0.1, 0.15) is 23.7 Å². The molecule has 2 aromatic rings. The molecule has 0 saturated heterocycles. The van der Waals surface area contributed by atoms with Gasteiger partial charge in [0, 0.05) is 6.07 Å². The number of esters is 1. The molecule has 2 rings (SSSR count). The van der Waals surface area contributed by atoms with Gasteiger partial charge in [-0.15, -0.1) is 0 Å². The molecule has 0 N–H and O–H groups in total. The van der Waals surface area contributed by atoms with Crippen LogP contribution in [0.25, 0.3) is 0 Å². The summed E-state index contributed by atoms with van der Waals surface area (Å²) in [6.45, 7) is 2.61. The molecule has 0 aliphatic carbocycles. The minimum atomic E-state index is -0.692. The van der Waals surface area contributed by atoms with Gasteiger partial charge in [0.1, 0.15) is 11.5 Å². The van der Waals surface area contributed by atoms with Gasteiger partial charge in [0.15, 0.2) is 5.75 Å². The molecule has 0 aliphatic rings. The van der Waals surface area contributed by atoms with Gasteiger partial charge in [-0.3, -0.25) is 10.1 Å². The Labute approximate surface area is 138 Å². The highest BCUT2D eigenvalue weighted by Gasteiger charge is 2.19. The number of benzene rings is 2. The van der Waals surface area contributed by atoms with E-state index >= 15 is 0 Å². The van der Waals surface area contributed by atoms with Crippen molar-refractivity contribution in [2.45, 2.75) is 13.3 Å². The molecule has 0 atom stereocenters. The van der Waals surface area contributed by atoms with Crippen LogP contribution >= 0.6 is 0 Å². The second kappa shape index (κ2) is 7.96. The monoisotopic (exact) mass is 331 g/mol. The van der Waals surface area contributed by atoms with Crippen molar-refractivity contribution < 1.29 is 23.9 Å². The van der Waals surface area contributed by atoms with Crippen LogP contribution in [0, 0.1) is 10.1 Å². The number of rotatable bonds is 7. The average Bonchev–Trinajstić information content (AvgIpc) is 2.60. The van der Waals surface area contributed by atoms with Gasteiger partial charge in [0.25, 0.3) is 0 Å². The number of carbonyl (C=O) groups is 1. The number of nitrogens with zero attached hydrogens (tertiary/aromatic N) is 1. The largest absolute Gasteiger partial charge is 0.494 e. The molecule has 0 unspecified atom stereocenters. The predicted molar refractivity (Wildman–Crippen MR) is 86.8 cm³/mol. The van der Waals surface area contributed by atoms with Gasteiger partial charge in [0.05, 0.1) is 24.2 Å². The van der Waals surface area contributed by atoms with Crippen molar-refractivity contribution in [1.82, 2.24) is 0 Å². The molecule has 7 nitrogen and oxygen atoms in total. The van der Waals surface area contributed by atoms with Gasteiger partial charge in [-0.25, -0.2) is 4.79 Å². The molecule has 0 saturated carbocycles. The van der Waals surface area contributed by atoms with Gasteiger partial charge in [-0.1, -0.05) is 6.92 Å². The van der Waals surface area contributed by atoms with Crippen molar-refractivity contribution in [3.63, 3.8) is 0 Å². The van der Waals surface area contributed by atoms with E-state index in [1.807, 2.05) is 6.92 Å². The fourth-order valence-corrected chi connectivity index (χ4v) is 1.95. The molecule has 0 spiro atoms.